The summed E-state index contributed by atoms with van der Waals surface area (Å²) < 4.78 is 10.7. The number of ether oxygens (including phenoxy) is 2. The molecule has 0 atom stereocenters. The fourth-order valence-corrected chi connectivity index (χ4v) is 8.26. The second kappa shape index (κ2) is 8.24. The Bertz CT molecular complexity index is 870. The van der Waals surface area contributed by atoms with Crippen LogP contribution >= 0.6 is 0 Å². The number of carboxylic acid groups (broad SMARTS) is 2. The van der Waals surface area contributed by atoms with E-state index in [2.05, 4.69) is 13.2 Å². The standard InChI is InChI=1S/C26H36O8/c1-16(2)18(27)33-9-7-26(8-10-34-19(28)17(3)4)24(20(29)30)12-22(5)11-23(6,14-24)15-25(26,13-22)21(31)32/h1,3,7-15H2,2,4-6H3,(H,29,30)(H,31,32). The van der Waals surface area contributed by atoms with E-state index < -0.39 is 51.0 Å². The number of rotatable bonds is 10. The van der Waals surface area contributed by atoms with Gasteiger partial charge in [0.2, 0.25) is 0 Å². The Morgan fingerprint density at radius 1 is 0.706 bits per heavy atom. The summed E-state index contributed by atoms with van der Waals surface area (Å²) in [6, 6.07) is 0. The molecule has 0 aromatic heterocycles. The lowest BCUT2D eigenvalue weighted by Gasteiger charge is -2.75. The molecule has 4 aliphatic rings. The lowest BCUT2D eigenvalue weighted by molar-refractivity contribution is -0.287. The van der Waals surface area contributed by atoms with Gasteiger partial charge in [0.05, 0.1) is 24.0 Å². The molecule has 0 spiro atoms. The molecular formula is C26H36O8. The lowest BCUT2D eigenvalue weighted by atomic mass is 9.27. The first-order valence-corrected chi connectivity index (χ1v) is 11.7. The van der Waals surface area contributed by atoms with Crippen molar-refractivity contribution in [3.8, 4) is 0 Å². The van der Waals surface area contributed by atoms with Crippen LogP contribution < -0.4 is 0 Å². The highest BCUT2D eigenvalue weighted by molar-refractivity contribution is 5.87. The van der Waals surface area contributed by atoms with Gasteiger partial charge in [-0.15, -0.1) is 0 Å². The molecule has 0 amide bonds. The van der Waals surface area contributed by atoms with Crippen LogP contribution in [0.1, 0.15) is 72.6 Å². The lowest BCUT2D eigenvalue weighted by Crippen LogP contribution is -2.74. The summed E-state index contributed by atoms with van der Waals surface area (Å²) in [4.78, 5) is 50.3. The van der Waals surface area contributed by atoms with Gasteiger partial charge in [-0.1, -0.05) is 27.0 Å². The molecule has 34 heavy (non-hydrogen) atoms. The van der Waals surface area contributed by atoms with Crippen molar-refractivity contribution in [2.75, 3.05) is 13.2 Å². The summed E-state index contributed by atoms with van der Waals surface area (Å²) in [5.74, 6) is -3.29. The average molecular weight is 477 g/mol. The van der Waals surface area contributed by atoms with Crippen molar-refractivity contribution in [3.05, 3.63) is 24.3 Å². The van der Waals surface area contributed by atoms with Crippen molar-refractivity contribution in [2.45, 2.75) is 72.6 Å². The van der Waals surface area contributed by atoms with E-state index in [1.807, 2.05) is 13.8 Å². The van der Waals surface area contributed by atoms with Crippen LogP contribution in [-0.4, -0.2) is 47.3 Å². The minimum absolute atomic E-state index is 0.0431. The summed E-state index contributed by atoms with van der Waals surface area (Å²) in [6.07, 6.45) is 2.20. The van der Waals surface area contributed by atoms with Crippen molar-refractivity contribution in [3.63, 3.8) is 0 Å². The van der Waals surface area contributed by atoms with Gasteiger partial charge in [0.1, 0.15) is 0 Å². The quantitative estimate of drug-likeness (QED) is 0.356. The molecule has 4 fully saturated rings. The molecule has 0 heterocycles. The van der Waals surface area contributed by atoms with Crippen molar-refractivity contribution in [2.24, 2.45) is 27.1 Å². The van der Waals surface area contributed by atoms with Gasteiger partial charge in [-0.2, -0.15) is 0 Å². The van der Waals surface area contributed by atoms with Crippen molar-refractivity contribution in [1.82, 2.24) is 0 Å². The minimum Gasteiger partial charge on any atom is -0.481 e. The Morgan fingerprint density at radius 3 is 1.29 bits per heavy atom. The van der Waals surface area contributed by atoms with Crippen LogP contribution in [0.3, 0.4) is 0 Å². The average Bonchev–Trinajstić information content (AvgIpc) is 2.68. The molecule has 0 saturated heterocycles. The summed E-state index contributed by atoms with van der Waals surface area (Å²) in [7, 11) is 0. The van der Waals surface area contributed by atoms with Crippen LogP contribution in [0.15, 0.2) is 24.3 Å². The predicted molar refractivity (Wildman–Crippen MR) is 123 cm³/mol. The molecule has 0 aromatic carbocycles. The van der Waals surface area contributed by atoms with E-state index in [-0.39, 0.29) is 37.2 Å². The molecule has 4 rings (SSSR count). The van der Waals surface area contributed by atoms with Gasteiger partial charge in [-0.25, -0.2) is 9.59 Å². The van der Waals surface area contributed by atoms with Crippen LogP contribution in [0.2, 0.25) is 0 Å². The second-order valence-electron chi connectivity index (χ2n) is 11.7. The maximum atomic E-state index is 13.1. The molecule has 0 aromatic rings. The minimum atomic E-state index is -1.35. The van der Waals surface area contributed by atoms with E-state index in [0.29, 0.717) is 25.7 Å². The third-order valence-electron chi connectivity index (χ3n) is 8.64. The van der Waals surface area contributed by atoms with Crippen LogP contribution in [0.4, 0.5) is 0 Å². The highest BCUT2D eigenvalue weighted by Crippen LogP contribution is 2.81. The first-order chi connectivity index (χ1) is 15.6. The number of carbonyl (C=O) groups is 4. The first kappa shape index (κ1) is 26.0. The van der Waals surface area contributed by atoms with Gasteiger partial charge in [0, 0.05) is 16.6 Å². The molecule has 8 nitrogen and oxygen atoms in total. The Morgan fingerprint density at radius 2 is 1.03 bits per heavy atom. The number of esters is 2. The number of hydrogen-bond donors (Lipinski definition) is 2. The third-order valence-corrected chi connectivity index (χ3v) is 8.64. The first-order valence-electron chi connectivity index (χ1n) is 11.7. The van der Waals surface area contributed by atoms with Gasteiger partial charge in [-0.3, -0.25) is 9.59 Å². The molecule has 4 aliphatic carbocycles. The van der Waals surface area contributed by atoms with Gasteiger partial charge < -0.3 is 19.7 Å². The van der Waals surface area contributed by atoms with Gasteiger partial charge in [0.15, 0.2) is 0 Å². The highest BCUT2D eigenvalue weighted by atomic mass is 16.5. The van der Waals surface area contributed by atoms with Crippen LogP contribution in [-0.2, 0) is 28.7 Å². The highest BCUT2D eigenvalue weighted by Gasteiger charge is 2.80. The van der Waals surface area contributed by atoms with E-state index in [1.165, 1.54) is 13.8 Å². The normalized spacial score (nSPS) is 34.8. The van der Waals surface area contributed by atoms with E-state index in [0.717, 1.165) is 6.42 Å². The Labute approximate surface area is 200 Å². The maximum Gasteiger partial charge on any atom is 0.333 e. The predicted octanol–water partition coefficient (Wildman–Crippen LogP) is 4.14. The third kappa shape index (κ3) is 3.75. The van der Waals surface area contributed by atoms with Crippen LogP contribution in [0.5, 0.6) is 0 Å². The molecule has 4 bridgehead atoms. The van der Waals surface area contributed by atoms with Gasteiger partial charge >= 0.3 is 23.9 Å². The molecule has 2 N–H and O–H groups in total. The molecule has 4 saturated carbocycles. The zero-order valence-corrected chi connectivity index (χ0v) is 20.6. The van der Waals surface area contributed by atoms with Crippen LogP contribution in [0, 0.1) is 27.1 Å². The summed E-state index contributed by atoms with van der Waals surface area (Å²) >= 11 is 0. The van der Waals surface area contributed by atoms with Gasteiger partial charge in [-0.05, 0) is 69.6 Å². The number of hydrogen-bond acceptors (Lipinski definition) is 6. The van der Waals surface area contributed by atoms with Crippen molar-refractivity contribution in [1.29, 1.82) is 0 Å². The molecule has 0 radical (unpaired) electrons. The van der Waals surface area contributed by atoms with Crippen LogP contribution in [0.25, 0.3) is 0 Å². The zero-order chi connectivity index (χ0) is 25.7. The van der Waals surface area contributed by atoms with E-state index in [1.54, 1.807) is 0 Å². The van der Waals surface area contributed by atoms with E-state index >= 15 is 0 Å². The number of carboxylic acids is 2. The fourth-order valence-electron chi connectivity index (χ4n) is 8.26. The van der Waals surface area contributed by atoms with E-state index in [4.69, 9.17) is 9.47 Å². The Hall–Kier alpha value is -2.64. The zero-order valence-electron chi connectivity index (χ0n) is 20.6. The smallest absolute Gasteiger partial charge is 0.333 e. The van der Waals surface area contributed by atoms with E-state index in [9.17, 15) is 29.4 Å². The summed E-state index contributed by atoms with van der Waals surface area (Å²) in [5, 5.41) is 21.4. The topological polar surface area (TPSA) is 127 Å². The summed E-state index contributed by atoms with van der Waals surface area (Å²) in [5.41, 5.74) is -4.44. The molecule has 8 heteroatoms. The van der Waals surface area contributed by atoms with Crippen molar-refractivity contribution >= 4 is 23.9 Å². The van der Waals surface area contributed by atoms with Crippen molar-refractivity contribution < 1.29 is 38.9 Å². The molecular weight excluding hydrogens is 440 g/mol. The van der Waals surface area contributed by atoms with Gasteiger partial charge in [0.25, 0.3) is 0 Å². The SMILES string of the molecule is C=C(C)C(=O)OCCC1(CCOC(=O)C(=C)C)C2(C(=O)O)CC3(C)CC(C)(C2)CC1(C(=O)O)C3. The molecule has 0 unspecified atom stereocenters. The molecule has 0 aliphatic heterocycles. The fraction of sp³-hybridized carbons (Fsp3) is 0.692. The number of carbonyl (C=O) groups excluding carboxylic acids is 2. The monoisotopic (exact) mass is 476 g/mol. The molecule has 188 valence electrons. The second-order valence-corrected chi connectivity index (χ2v) is 11.7. The maximum absolute atomic E-state index is 13.1. The Kier molecular flexibility index (Phi) is 6.29. The summed E-state index contributed by atoms with van der Waals surface area (Å²) in [6.45, 7) is 13.9. The number of aliphatic carboxylic acids is 2. The largest absolute Gasteiger partial charge is 0.481 e. The Balaban J connectivity index is 2.12.